The highest BCUT2D eigenvalue weighted by atomic mass is 16.3. The second-order valence-electron chi connectivity index (χ2n) is 9.57. The highest BCUT2D eigenvalue weighted by Gasteiger charge is 2.31. The Morgan fingerprint density at radius 2 is 1.90 bits per heavy atom. The molecule has 1 atom stereocenters. The van der Waals surface area contributed by atoms with Crippen molar-refractivity contribution in [3.05, 3.63) is 47.9 Å². The number of anilines is 2. The summed E-state index contributed by atoms with van der Waals surface area (Å²) in [5.41, 5.74) is 2.69. The zero-order chi connectivity index (χ0) is 22.0. The monoisotopic (exact) mass is 423 g/mol. The van der Waals surface area contributed by atoms with Crippen LogP contribution in [0.3, 0.4) is 0 Å². The first-order valence-corrected chi connectivity index (χ1v) is 11.2. The molecule has 1 unspecified atom stereocenters. The van der Waals surface area contributed by atoms with Gasteiger partial charge >= 0.3 is 0 Å². The highest BCUT2D eigenvalue weighted by Crippen LogP contribution is 2.33. The number of fused-ring (bicyclic) bond motifs is 1. The maximum atomic E-state index is 12.9. The summed E-state index contributed by atoms with van der Waals surface area (Å²) in [7, 11) is 0. The number of aryl methyl sites for hydroxylation is 1. The fraction of sp³-hybridized carbons (Fsp3) is 0.542. The van der Waals surface area contributed by atoms with Crippen molar-refractivity contribution in [2.45, 2.75) is 39.7 Å². The van der Waals surface area contributed by atoms with Gasteiger partial charge in [-0.15, -0.1) is 0 Å². The van der Waals surface area contributed by atoms with Crippen LogP contribution < -0.4 is 9.80 Å². The maximum absolute atomic E-state index is 12.9. The lowest BCUT2D eigenvalue weighted by Gasteiger charge is -2.36. The SMILES string of the molecule is CC(C)(C)C(=O)N1CCCc2cc(C(O)CN3CCN(c4cnccn4)CC3)ccc21. The molecule has 166 valence electrons. The molecule has 1 amide bonds. The zero-order valence-electron chi connectivity index (χ0n) is 18.8. The van der Waals surface area contributed by atoms with Crippen molar-refractivity contribution in [1.29, 1.82) is 0 Å². The number of amides is 1. The summed E-state index contributed by atoms with van der Waals surface area (Å²) in [6.07, 6.45) is 6.57. The molecule has 2 aliphatic rings. The lowest BCUT2D eigenvalue weighted by atomic mass is 9.91. The zero-order valence-corrected chi connectivity index (χ0v) is 18.8. The van der Waals surface area contributed by atoms with Crippen LogP contribution >= 0.6 is 0 Å². The lowest BCUT2D eigenvalue weighted by molar-refractivity contribution is -0.125. The number of aliphatic hydroxyl groups excluding tert-OH is 1. The van der Waals surface area contributed by atoms with E-state index in [1.807, 2.05) is 37.8 Å². The number of hydrogen-bond donors (Lipinski definition) is 1. The quantitative estimate of drug-likeness (QED) is 0.815. The Morgan fingerprint density at radius 3 is 2.58 bits per heavy atom. The lowest BCUT2D eigenvalue weighted by Crippen LogP contribution is -2.47. The molecule has 1 aromatic heterocycles. The minimum Gasteiger partial charge on any atom is -0.387 e. The number of nitrogens with zero attached hydrogens (tertiary/aromatic N) is 5. The number of piperazine rings is 1. The molecule has 7 nitrogen and oxygen atoms in total. The molecule has 1 fully saturated rings. The summed E-state index contributed by atoms with van der Waals surface area (Å²) in [5, 5.41) is 10.9. The van der Waals surface area contributed by atoms with Gasteiger partial charge in [0.25, 0.3) is 0 Å². The Morgan fingerprint density at radius 1 is 1.13 bits per heavy atom. The number of aliphatic hydroxyl groups is 1. The molecule has 1 aromatic carbocycles. The molecule has 1 saturated heterocycles. The van der Waals surface area contributed by atoms with E-state index in [2.05, 4.69) is 25.8 Å². The van der Waals surface area contributed by atoms with Gasteiger partial charge in [0.1, 0.15) is 5.82 Å². The minimum atomic E-state index is -0.540. The van der Waals surface area contributed by atoms with Crippen LogP contribution in [0.1, 0.15) is 44.4 Å². The fourth-order valence-electron chi connectivity index (χ4n) is 4.40. The van der Waals surface area contributed by atoms with E-state index in [4.69, 9.17) is 0 Å². The van der Waals surface area contributed by atoms with Crippen LogP contribution in [0.5, 0.6) is 0 Å². The number of β-amino-alcohol motifs (C(OH)–C–C–N with tert-alkyl or cyclic N) is 1. The number of carbonyl (C=O) groups is 1. The molecule has 0 saturated carbocycles. The third kappa shape index (κ3) is 4.88. The second kappa shape index (κ2) is 8.93. The Bertz CT molecular complexity index is 904. The Balaban J connectivity index is 1.39. The Labute approximate surface area is 184 Å². The van der Waals surface area contributed by atoms with Crippen LogP contribution in [0.25, 0.3) is 0 Å². The average molecular weight is 424 g/mol. The van der Waals surface area contributed by atoms with Crippen LogP contribution in [0.15, 0.2) is 36.8 Å². The van der Waals surface area contributed by atoms with Gasteiger partial charge in [-0.1, -0.05) is 32.9 Å². The normalized spacial score (nSPS) is 18.6. The first-order chi connectivity index (χ1) is 14.8. The molecule has 2 aromatic rings. The fourth-order valence-corrected chi connectivity index (χ4v) is 4.40. The molecule has 1 N–H and O–H groups in total. The van der Waals surface area contributed by atoms with Crippen molar-refractivity contribution in [2.24, 2.45) is 5.41 Å². The van der Waals surface area contributed by atoms with Crippen molar-refractivity contribution >= 4 is 17.4 Å². The number of benzene rings is 1. The van der Waals surface area contributed by atoms with Gasteiger partial charge in [-0.25, -0.2) is 4.98 Å². The van der Waals surface area contributed by atoms with Gasteiger partial charge in [-0.05, 0) is 30.0 Å². The second-order valence-corrected chi connectivity index (χ2v) is 9.57. The van der Waals surface area contributed by atoms with Gasteiger partial charge < -0.3 is 14.9 Å². The van der Waals surface area contributed by atoms with Gasteiger partial charge in [0, 0.05) is 62.8 Å². The van der Waals surface area contributed by atoms with Crippen molar-refractivity contribution in [2.75, 3.05) is 49.1 Å². The molecular weight excluding hydrogens is 390 g/mol. The molecule has 0 spiro atoms. The molecule has 4 rings (SSSR count). The predicted molar refractivity (Wildman–Crippen MR) is 122 cm³/mol. The maximum Gasteiger partial charge on any atom is 0.232 e. The van der Waals surface area contributed by atoms with Crippen LogP contribution in [0.2, 0.25) is 0 Å². The van der Waals surface area contributed by atoms with Gasteiger partial charge in [0.15, 0.2) is 0 Å². The van der Waals surface area contributed by atoms with Crippen LogP contribution in [0.4, 0.5) is 11.5 Å². The van der Waals surface area contributed by atoms with E-state index in [1.54, 1.807) is 18.6 Å². The number of aromatic nitrogens is 2. The third-order valence-electron chi connectivity index (χ3n) is 6.17. The number of carbonyl (C=O) groups excluding carboxylic acids is 1. The van der Waals surface area contributed by atoms with Crippen LogP contribution in [0, 0.1) is 5.41 Å². The van der Waals surface area contributed by atoms with Crippen molar-refractivity contribution in [3.63, 3.8) is 0 Å². The molecule has 7 heteroatoms. The van der Waals surface area contributed by atoms with Crippen LogP contribution in [-0.4, -0.2) is 65.2 Å². The van der Waals surface area contributed by atoms with Crippen LogP contribution in [-0.2, 0) is 11.2 Å². The number of rotatable bonds is 4. The van der Waals surface area contributed by atoms with Crippen molar-refractivity contribution in [3.8, 4) is 0 Å². The minimum absolute atomic E-state index is 0.155. The smallest absolute Gasteiger partial charge is 0.232 e. The third-order valence-corrected chi connectivity index (χ3v) is 6.17. The van der Waals surface area contributed by atoms with E-state index in [1.165, 1.54) is 0 Å². The molecule has 2 aliphatic heterocycles. The highest BCUT2D eigenvalue weighted by molar-refractivity contribution is 5.98. The summed E-state index contributed by atoms with van der Waals surface area (Å²) in [6.45, 7) is 10.8. The van der Waals surface area contributed by atoms with Crippen molar-refractivity contribution in [1.82, 2.24) is 14.9 Å². The standard InChI is InChI=1S/C24H33N5O2/c1-24(2,3)23(31)29-10-4-5-18-15-19(6-7-20(18)29)21(30)17-27-11-13-28(14-12-27)22-16-25-8-9-26-22/h6-9,15-16,21,30H,4-5,10-14,17H2,1-3H3. The first-order valence-electron chi connectivity index (χ1n) is 11.2. The molecule has 3 heterocycles. The molecule has 0 aliphatic carbocycles. The predicted octanol–water partition coefficient (Wildman–Crippen LogP) is 2.66. The summed E-state index contributed by atoms with van der Waals surface area (Å²) in [6, 6.07) is 6.09. The Kier molecular flexibility index (Phi) is 6.25. The Hall–Kier alpha value is -2.51. The summed E-state index contributed by atoms with van der Waals surface area (Å²) < 4.78 is 0. The average Bonchev–Trinajstić information content (AvgIpc) is 2.78. The van der Waals surface area contributed by atoms with E-state index < -0.39 is 11.5 Å². The number of hydrogen-bond acceptors (Lipinski definition) is 6. The van der Waals surface area contributed by atoms with E-state index in [0.717, 1.165) is 68.2 Å². The van der Waals surface area contributed by atoms with Gasteiger partial charge in [0.05, 0.1) is 12.3 Å². The topological polar surface area (TPSA) is 72.8 Å². The van der Waals surface area contributed by atoms with E-state index in [9.17, 15) is 9.90 Å². The van der Waals surface area contributed by atoms with E-state index in [-0.39, 0.29) is 5.91 Å². The summed E-state index contributed by atoms with van der Waals surface area (Å²) in [4.78, 5) is 27.8. The largest absolute Gasteiger partial charge is 0.387 e. The molecule has 0 bridgehead atoms. The van der Waals surface area contributed by atoms with E-state index >= 15 is 0 Å². The first kappa shape index (κ1) is 21.7. The van der Waals surface area contributed by atoms with E-state index in [0.29, 0.717) is 6.54 Å². The molecule has 0 radical (unpaired) electrons. The van der Waals surface area contributed by atoms with Crippen molar-refractivity contribution < 1.29 is 9.90 Å². The summed E-state index contributed by atoms with van der Waals surface area (Å²) >= 11 is 0. The van der Waals surface area contributed by atoms with Gasteiger partial charge in [-0.2, -0.15) is 0 Å². The summed E-state index contributed by atoms with van der Waals surface area (Å²) in [5.74, 6) is 1.06. The van der Waals surface area contributed by atoms with Gasteiger partial charge in [-0.3, -0.25) is 14.7 Å². The van der Waals surface area contributed by atoms with Gasteiger partial charge in [0.2, 0.25) is 5.91 Å². The molecular formula is C24H33N5O2. The molecule has 31 heavy (non-hydrogen) atoms.